The van der Waals surface area contributed by atoms with Gasteiger partial charge in [0.15, 0.2) is 5.69 Å². The summed E-state index contributed by atoms with van der Waals surface area (Å²) in [5, 5.41) is 17.2. The molecule has 15 heavy (non-hydrogen) atoms. The van der Waals surface area contributed by atoms with Crippen molar-refractivity contribution in [3.63, 3.8) is 0 Å². The predicted octanol–water partition coefficient (Wildman–Crippen LogP) is 0.116. The molecule has 0 spiro atoms. The number of carbonyl (C=O) groups is 2. The molecule has 0 bridgehead atoms. The summed E-state index contributed by atoms with van der Waals surface area (Å²) in [5.74, 6) is -1.08. The van der Waals surface area contributed by atoms with Crippen LogP contribution in [-0.4, -0.2) is 49.8 Å². The number of carboxylic acids is 1. The smallest absolute Gasteiger partial charge is 0.407 e. The van der Waals surface area contributed by atoms with Gasteiger partial charge in [-0.15, -0.1) is 0 Å². The number of aromatic carboxylic acids is 1. The van der Waals surface area contributed by atoms with Gasteiger partial charge in [-0.3, -0.25) is 0 Å². The summed E-state index contributed by atoms with van der Waals surface area (Å²) in [6.45, 7) is 0.759. The van der Waals surface area contributed by atoms with Crippen LogP contribution in [0.15, 0.2) is 12.5 Å². The number of amides is 1. The van der Waals surface area contributed by atoms with Gasteiger partial charge < -0.3 is 19.7 Å². The molecule has 1 aliphatic rings. The number of hydrogen-bond donors (Lipinski definition) is 2. The lowest BCUT2D eigenvalue weighted by atomic mass is 10.1. The van der Waals surface area contributed by atoms with Crippen molar-refractivity contribution < 1.29 is 19.8 Å². The van der Waals surface area contributed by atoms with Crippen molar-refractivity contribution in [2.45, 2.75) is 6.04 Å². The molecule has 0 radical (unpaired) electrons. The van der Waals surface area contributed by atoms with Gasteiger partial charge in [0.05, 0.1) is 12.4 Å². The topological polar surface area (TPSA) is 95.7 Å². The molecule has 2 heterocycles. The minimum atomic E-state index is -1.08. The lowest BCUT2D eigenvalue weighted by molar-refractivity contribution is 0.0688. The highest BCUT2D eigenvalue weighted by molar-refractivity contribution is 5.84. The van der Waals surface area contributed by atoms with Gasteiger partial charge in [-0.2, -0.15) is 0 Å². The number of imidazole rings is 1. The largest absolute Gasteiger partial charge is 0.476 e. The first-order valence-corrected chi connectivity index (χ1v) is 4.32. The predicted molar refractivity (Wildman–Crippen MR) is 47.8 cm³/mol. The zero-order valence-corrected chi connectivity index (χ0v) is 7.70. The Morgan fingerprint density at radius 1 is 1.40 bits per heavy atom. The summed E-state index contributed by atoms with van der Waals surface area (Å²) < 4.78 is 1.63. The molecule has 1 amide bonds. The van der Waals surface area contributed by atoms with Crippen LogP contribution in [0.4, 0.5) is 4.79 Å². The van der Waals surface area contributed by atoms with Crippen LogP contribution in [0.2, 0.25) is 0 Å². The number of nitrogens with zero attached hydrogens (tertiary/aromatic N) is 3. The van der Waals surface area contributed by atoms with E-state index in [1.165, 1.54) is 17.4 Å². The van der Waals surface area contributed by atoms with Crippen LogP contribution in [0, 0.1) is 0 Å². The highest BCUT2D eigenvalue weighted by Gasteiger charge is 2.31. The van der Waals surface area contributed by atoms with Crippen molar-refractivity contribution in [3.8, 4) is 0 Å². The van der Waals surface area contributed by atoms with Gasteiger partial charge in [0.2, 0.25) is 0 Å². The van der Waals surface area contributed by atoms with Gasteiger partial charge in [-0.05, 0) is 0 Å². The maximum atomic E-state index is 10.5. The molecule has 2 N–H and O–H groups in total. The first-order chi connectivity index (χ1) is 7.08. The van der Waals surface area contributed by atoms with E-state index >= 15 is 0 Å². The van der Waals surface area contributed by atoms with E-state index in [2.05, 4.69) is 4.98 Å². The SMILES string of the molecule is O=C(O)c1cn(C2CN(C(=O)O)C2)cn1. The zero-order chi connectivity index (χ0) is 11.0. The molecule has 7 heteroatoms. The summed E-state index contributed by atoms with van der Waals surface area (Å²) >= 11 is 0. The van der Waals surface area contributed by atoms with Crippen molar-refractivity contribution in [2.75, 3.05) is 13.1 Å². The van der Waals surface area contributed by atoms with Crippen LogP contribution in [-0.2, 0) is 0 Å². The Bertz CT molecular complexity index is 408. The molecule has 0 saturated carbocycles. The Morgan fingerprint density at radius 3 is 2.53 bits per heavy atom. The van der Waals surface area contributed by atoms with Crippen molar-refractivity contribution in [3.05, 3.63) is 18.2 Å². The summed E-state index contributed by atoms with van der Waals surface area (Å²) in [4.78, 5) is 26.0. The third kappa shape index (κ3) is 1.63. The molecular weight excluding hydrogens is 202 g/mol. The number of aromatic nitrogens is 2. The number of carboxylic acid groups (broad SMARTS) is 2. The Hall–Kier alpha value is -2.05. The lowest BCUT2D eigenvalue weighted by Crippen LogP contribution is -2.49. The van der Waals surface area contributed by atoms with E-state index in [-0.39, 0.29) is 11.7 Å². The molecule has 0 atom stereocenters. The van der Waals surface area contributed by atoms with Gasteiger partial charge >= 0.3 is 12.1 Å². The van der Waals surface area contributed by atoms with E-state index in [1.54, 1.807) is 4.57 Å². The molecule has 1 aromatic heterocycles. The van der Waals surface area contributed by atoms with Gasteiger partial charge in [-0.25, -0.2) is 14.6 Å². The quantitative estimate of drug-likeness (QED) is 0.724. The Labute approximate surface area is 84.6 Å². The summed E-state index contributed by atoms with van der Waals surface area (Å²) in [6, 6.07) is 0.00157. The fraction of sp³-hybridized carbons (Fsp3) is 0.375. The average Bonchev–Trinajstić information content (AvgIpc) is 2.49. The van der Waals surface area contributed by atoms with Gasteiger partial charge in [0.1, 0.15) is 0 Å². The van der Waals surface area contributed by atoms with Gasteiger partial charge in [-0.1, -0.05) is 0 Å². The molecule has 7 nitrogen and oxygen atoms in total. The number of rotatable bonds is 2. The standard InChI is InChI=1S/C8H9N3O4/c12-7(13)6-3-11(4-9-6)5-1-10(2-5)8(14)15/h3-5H,1-2H2,(H,12,13)(H,14,15). The molecule has 1 saturated heterocycles. The Kier molecular flexibility index (Phi) is 2.07. The third-order valence-electron chi connectivity index (χ3n) is 2.38. The molecule has 0 aliphatic carbocycles. The summed E-state index contributed by atoms with van der Waals surface area (Å²) in [7, 11) is 0. The Morgan fingerprint density at radius 2 is 2.07 bits per heavy atom. The van der Waals surface area contributed by atoms with Crippen LogP contribution < -0.4 is 0 Å². The van der Waals surface area contributed by atoms with Crippen LogP contribution in [0.5, 0.6) is 0 Å². The van der Waals surface area contributed by atoms with Gasteiger partial charge in [0, 0.05) is 19.3 Å². The first kappa shape index (κ1) is 9.50. The maximum absolute atomic E-state index is 10.5. The van der Waals surface area contributed by atoms with E-state index in [1.807, 2.05) is 0 Å². The minimum Gasteiger partial charge on any atom is -0.476 e. The first-order valence-electron chi connectivity index (χ1n) is 4.32. The Balaban J connectivity index is 2.01. The number of hydrogen-bond acceptors (Lipinski definition) is 3. The highest BCUT2D eigenvalue weighted by atomic mass is 16.4. The van der Waals surface area contributed by atoms with Crippen molar-refractivity contribution in [1.82, 2.24) is 14.5 Å². The zero-order valence-electron chi connectivity index (χ0n) is 7.70. The third-order valence-corrected chi connectivity index (χ3v) is 2.38. The monoisotopic (exact) mass is 211 g/mol. The van der Waals surface area contributed by atoms with Crippen LogP contribution in [0.3, 0.4) is 0 Å². The molecule has 2 rings (SSSR count). The van der Waals surface area contributed by atoms with E-state index in [0.29, 0.717) is 13.1 Å². The fourth-order valence-electron chi connectivity index (χ4n) is 1.45. The van der Waals surface area contributed by atoms with E-state index in [4.69, 9.17) is 10.2 Å². The minimum absolute atomic E-state index is 0.00157. The highest BCUT2D eigenvalue weighted by Crippen LogP contribution is 2.20. The maximum Gasteiger partial charge on any atom is 0.407 e. The normalized spacial score (nSPS) is 16.1. The number of likely N-dealkylation sites (tertiary alicyclic amines) is 1. The fourth-order valence-corrected chi connectivity index (χ4v) is 1.45. The molecule has 1 fully saturated rings. The van der Waals surface area contributed by atoms with Crippen molar-refractivity contribution in [2.24, 2.45) is 0 Å². The second-order valence-corrected chi connectivity index (χ2v) is 3.35. The van der Waals surface area contributed by atoms with E-state index in [0.717, 1.165) is 0 Å². The average molecular weight is 211 g/mol. The van der Waals surface area contributed by atoms with Crippen LogP contribution in [0.1, 0.15) is 16.5 Å². The summed E-state index contributed by atoms with van der Waals surface area (Å²) in [5.41, 5.74) is -0.0243. The van der Waals surface area contributed by atoms with Crippen LogP contribution >= 0.6 is 0 Å². The molecular formula is C8H9N3O4. The molecule has 0 unspecified atom stereocenters. The second kappa shape index (κ2) is 3.26. The molecule has 80 valence electrons. The summed E-state index contributed by atoms with van der Waals surface area (Å²) in [6.07, 6.45) is 1.87. The van der Waals surface area contributed by atoms with Crippen molar-refractivity contribution in [1.29, 1.82) is 0 Å². The second-order valence-electron chi connectivity index (χ2n) is 3.35. The van der Waals surface area contributed by atoms with E-state index < -0.39 is 12.1 Å². The van der Waals surface area contributed by atoms with Crippen molar-refractivity contribution >= 4 is 12.1 Å². The molecule has 0 aromatic carbocycles. The molecule has 1 aromatic rings. The van der Waals surface area contributed by atoms with E-state index in [9.17, 15) is 9.59 Å². The lowest BCUT2D eigenvalue weighted by Gasteiger charge is -2.37. The van der Waals surface area contributed by atoms with Crippen LogP contribution in [0.25, 0.3) is 0 Å². The molecule has 1 aliphatic heterocycles. The van der Waals surface area contributed by atoms with Gasteiger partial charge in [0.25, 0.3) is 0 Å².